The van der Waals surface area contributed by atoms with Gasteiger partial charge in [0.05, 0.1) is 33.4 Å². The number of thioether (sulfide) groups is 1. The molecule has 0 saturated heterocycles. The Balaban J connectivity index is 1.22. The van der Waals surface area contributed by atoms with Gasteiger partial charge in [-0.15, -0.1) is 21.5 Å². The lowest BCUT2D eigenvalue weighted by molar-refractivity contribution is -0.113. The molecule has 170 valence electrons. The van der Waals surface area contributed by atoms with Crippen molar-refractivity contribution in [2.75, 3.05) is 11.1 Å². The zero-order valence-corrected chi connectivity index (χ0v) is 20.4. The zero-order valence-electron chi connectivity index (χ0n) is 18.8. The molecule has 9 heteroatoms. The van der Waals surface area contributed by atoms with E-state index in [2.05, 4.69) is 33.6 Å². The summed E-state index contributed by atoms with van der Waals surface area (Å²) in [5.74, 6) is 1.29. The number of aromatic nitrogens is 4. The summed E-state index contributed by atoms with van der Waals surface area (Å²) in [5.41, 5.74) is 4.74. The highest BCUT2D eigenvalue weighted by Crippen LogP contribution is 2.37. The average Bonchev–Trinajstić information content (AvgIpc) is 3.52. The van der Waals surface area contributed by atoms with Gasteiger partial charge in [0, 0.05) is 4.88 Å². The second-order valence-electron chi connectivity index (χ2n) is 8.41. The van der Waals surface area contributed by atoms with Gasteiger partial charge in [-0.25, -0.2) is 4.68 Å². The van der Waals surface area contributed by atoms with Gasteiger partial charge < -0.3 is 9.73 Å². The zero-order chi connectivity index (χ0) is 22.9. The Morgan fingerprint density at radius 2 is 2.09 bits per heavy atom. The number of anilines is 1. The second-order valence-corrected chi connectivity index (χ2v) is 10.5. The van der Waals surface area contributed by atoms with Gasteiger partial charge in [0.1, 0.15) is 0 Å². The second kappa shape index (κ2) is 9.15. The van der Waals surface area contributed by atoms with Crippen molar-refractivity contribution in [3.05, 3.63) is 58.2 Å². The van der Waals surface area contributed by atoms with Gasteiger partial charge in [0.15, 0.2) is 0 Å². The largest absolute Gasteiger partial charge is 0.410 e. The molecule has 1 amide bonds. The number of nitrogens with zero attached hydrogens (tertiary/aromatic N) is 4. The van der Waals surface area contributed by atoms with Gasteiger partial charge in [0.25, 0.3) is 11.1 Å². The Labute approximate surface area is 200 Å². The number of nitrogens with one attached hydrogen (secondary N) is 1. The highest BCUT2D eigenvalue weighted by Gasteiger charge is 2.21. The molecular weight excluding hydrogens is 454 g/mol. The lowest BCUT2D eigenvalue weighted by atomic mass is 9.90. The van der Waals surface area contributed by atoms with E-state index in [0.717, 1.165) is 46.4 Å². The molecule has 0 fully saturated rings. The third kappa shape index (κ3) is 4.60. The van der Waals surface area contributed by atoms with E-state index in [1.807, 2.05) is 48.9 Å². The van der Waals surface area contributed by atoms with Crippen LogP contribution in [0.15, 0.2) is 46.0 Å². The molecule has 1 aliphatic carbocycles. The predicted molar refractivity (Wildman–Crippen MR) is 131 cm³/mol. The summed E-state index contributed by atoms with van der Waals surface area (Å²) in [5, 5.41) is 16.3. The molecule has 3 aromatic heterocycles. The number of hydrogen-bond acceptors (Lipinski definition) is 7. The number of fused-ring (bicyclic) bond motifs is 1. The Bertz CT molecular complexity index is 1290. The summed E-state index contributed by atoms with van der Waals surface area (Å²) < 4.78 is 7.68. The minimum absolute atomic E-state index is 0.140. The van der Waals surface area contributed by atoms with Gasteiger partial charge in [-0.05, 0) is 62.8 Å². The van der Waals surface area contributed by atoms with Crippen LogP contribution in [0.25, 0.3) is 16.5 Å². The Hall–Kier alpha value is -2.91. The molecule has 7 nitrogen and oxygen atoms in total. The Morgan fingerprint density at radius 3 is 2.91 bits per heavy atom. The van der Waals surface area contributed by atoms with Crippen molar-refractivity contribution < 1.29 is 9.21 Å². The lowest BCUT2D eigenvalue weighted by Crippen LogP contribution is -2.15. The summed E-state index contributed by atoms with van der Waals surface area (Å²) in [6.07, 6.45) is 3.47. The maximum atomic E-state index is 12.6. The molecular formula is C24H25N5O2S2. The lowest BCUT2D eigenvalue weighted by Gasteiger charge is -2.16. The van der Waals surface area contributed by atoms with E-state index >= 15 is 0 Å². The molecule has 1 aromatic carbocycles. The number of rotatable bonds is 6. The maximum Gasteiger partial charge on any atom is 0.277 e. The van der Waals surface area contributed by atoms with Crippen LogP contribution in [-0.4, -0.2) is 31.6 Å². The summed E-state index contributed by atoms with van der Waals surface area (Å²) in [4.78, 5) is 15.1. The fourth-order valence-corrected chi connectivity index (χ4v) is 5.82. The summed E-state index contributed by atoms with van der Waals surface area (Å²) in [7, 11) is 0. The fourth-order valence-electron chi connectivity index (χ4n) is 4.13. The quantitative estimate of drug-likeness (QED) is 0.370. The van der Waals surface area contributed by atoms with Crippen LogP contribution in [0.4, 0.5) is 5.69 Å². The minimum atomic E-state index is -0.140. The third-order valence-electron chi connectivity index (χ3n) is 5.83. The topological polar surface area (TPSA) is 85.8 Å². The van der Waals surface area contributed by atoms with Crippen LogP contribution >= 0.6 is 23.1 Å². The van der Waals surface area contributed by atoms with Crippen molar-refractivity contribution in [2.45, 2.75) is 45.3 Å². The van der Waals surface area contributed by atoms with Crippen molar-refractivity contribution in [2.24, 2.45) is 5.92 Å². The van der Waals surface area contributed by atoms with E-state index < -0.39 is 0 Å². The molecule has 5 rings (SSSR count). The number of aryl methyl sites for hydroxylation is 2. The van der Waals surface area contributed by atoms with Crippen molar-refractivity contribution in [1.82, 2.24) is 20.0 Å². The number of amides is 1. The van der Waals surface area contributed by atoms with Crippen molar-refractivity contribution in [1.29, 1.82) is 0 Å². The summed E-state index contributed by atoms with van der Waals surface area (Å²) >= 11 is 2.98. The predicted octanol–water partition coefficient (Wildman–Crippen LogP) is 5.46. The molecule has 1 aliphatic rings. The highest BCUT2D eigenvalue weighted by atomic mass is 32.2. The first-order valence-electron chi connectivity index (χ1n) is 11.0. The summed E-state index contributed by atoms with van der Waals surface area (Å²) in [6.45, 7) is 6.13. The third-order valence-corrected chi connectivity index (χ3v) is 7.87. The van der Waals surface area contributed by atoms with E-state index in [9.17, 15) is 4.79 Å². The van der Waals surface area contributed by atoms with Crippen LogP contribution < -0.4 is 5.32 Å². The van der Waals surface area contributed by atoms with E-state index in [1.54, 1.807) is 11.3 Å². The fraction of sp³-hybridized carbons (Fsp3) is 0.333. The van der Waals surface area contributed by atoms with Crippen molar-refractivity contribution in [3.63, 3.8) is 0 Å². The molecule has 0 spiro atoms. The number of benzene rings is 1. The minimum Gasteiger partial charge on any atom is -0.410 e. The number of hydrogen-bond donors (Lipinski definition) is 1. The molecule has 0 aliphatic heterocycles. The van der Waals surface area contributed by atoms with E-state index in [-0.39, 0.29) is 11.7 Å². The van der Waals surface area contributed by atoms with Gasteiger partial charge >= 0.3 is 0 Å². The monoisotopic (exact) mass is 479 g/mol. The number of thiophene rings is 1. The smallest absolute Gasteiger partial charge is 0.277 e. The molecule has 1 atom stereocenters. The van der Waals surface area contributed by atoms with Crippen LogP contribution in [0.3, 0.4) is 0 Å². The maximum absolute atomic E-state index is 12.6. The number of carbonyl (C=O) groups is 1. The average molecular weight is 480 g/mol. The molecule has 0 radical (unpaired) electrons. The highest BCUT2D eigenvalue weighted by molar-refractivity contribution is 7.99. The molecule has 33 heavy (non-hydrogen) atoms. The first kappa shape index (κ1) is 21.9. The van der Waals surface area contributed by atoms with Crippen LogP contribution in [0, 0.1) is 19.8 Å². The normalized spacial score (nSPS) is 15.4. The number of carbonyl (C=O) groups excluding carboxylic acids is 1. The van der Waals surface area contributed by atoms with Crippen molar-refractivity contribution >= 4 is 34.7 Å². The first-order chi connectivity index (χ1) is 16.0. The Kier molecular flexibility index (Phi) is 6.07. The SMILES string of the molecule is Cc1nn(-c2ccccc2)c(C)c1NC(=O)CSc1nnc(-c2cc3c(s2)CC[C@@H](C)C3)o1. The van der Waals surface area contributed by atoms with Gasteiger partial charge in [-0.3, -0.25) is 4.79 Å². The Morgan fingerprint density at radius 1 is 1.27 bits per heavy atom. The molecule has 0 bridgehead atoms. The number of para-hydroxylation sites is 1. The molecule has 1 N–H and O–H groups in total. The molecule has 0 saturated carbocycles. The molecule has 3 heterocycles. The van der Waals surface area contributed by atoms with Crippen molar-refractivity contribution in [3.8, 4) is 16.5 Å². The standard InChI is InChI=1S/C24H25N5O2S2/c1-14-9-10-19-17(11-14)12-20(33-19)23-26-27-24(31-23)32-13-21(30)25-22-15(2)28-29(16(22)3)18-7-5-4-6-8-18/h4-8,12,14H,9-11,13H2,1-3H3,(H,25,30)/t14-/m1/s1. The van der Waals surface area contributed by atoms with Gasteiger partial charge in [-0.1, -0.05) is 36.9 Å². The summed E-state index contributed by atoms with van der Waals surface area (Å²) in [6, 6.07) is 12.0. The van der Waals surface area contributed by atoms with Crippen LogP contribution in [-0.2, 0) is 17.6 Å². The van der Waals surface area contributed by atoms with Gasteiger partial charge in [-0.2, -0.15) is 5.10 Å². The van der Waals surface area contributed by atoms with Crippen LogP contribution in [0.1, 0.15) is 35.2 Å². The van der Waals surface area contributed by atoms with E-state index in [0.29, 0.717) is 11.1 Å². The molecule has 0 unspecified atom stereocenters. The molecule has 4 aromatic rings. The van der Waals surface area contributed by atoms with E-state index in [4.69, 9.17) is 4.42 Å². The van der Waals surface area contributed by atoms with Crippen LogP contribution in [0.2, 0.25) is 0 Å². The van der Waals surface area contributed by atoms with Crippen LogP contribution in [0.5, 0.6) is 0 Å². The van der Waals surface area contributed by atoms with E-state index in [1.165, 1.54) is 28.6 Å². The van der Waals surface area contributed by atoms with Gasteiger partial charge in [0.2, 0.25) is 5.91 Å². The first-order valence-corrected chi connectivity index (χ1v) is 12.8.